The summed E-state index contributed by atoms with van der Waals surface area (Å²) in [5, 5.41) is 0. The zero-order valence-corrected chi connectivity index (χ0v) is 16.0. The Hall–Kier alpha value is -2.40. The van der Waals surface area contributed by atoms with Gasteiger partial charge in [0.2, 0.25) is 0 Å². The fraction of sp³-hybridized carbons (Fsp3) is 0.429. The molecule has 2 rings (SSSR count). The zero-order chi connectivity index (χ0) is 19.3. The molecule has 2 N–H and O–H groups in total. The van der Waals surface area contributed by atoms with Crippen molar-refractivity contribution in [3.8, 4) is 0 Å². The molecule has 5 nitrogen and oxygen atoms in total. The second-order valence-electron chi connectivity index (χ2n) is 7.50. The van der Waals surface area contributed by atoms with E-state index >= 15 is 0 Å². The van der Waals surface area contributed by atoms with Crippen molar-refractivity contribution in [1.29, 1.82) is 0 Å². The van der Waals surface area contributed by atoms with E-state index in [-0.39, 0.29) is 6.09 Å². The lowest BCUT2D eigenvalue weighted by Crippen LogP contribution is -2.40. The molecule has 1 amide bonds. The van der Waals surface area contributed by atoms with Crippen LogP contribution in [-0.2, 0) is 11.3 Å². The van der Waals surface area contributed by atoms with Crippen LogP contribution in [0.5, 0.6) is 0 Å². The van der Waals surface area contributed by atoms with Gasteiger partial charge in [0.1, 0.15) is 5.60 Å². The third-order valence-electron chi connectivity index (χ3n) is 4.28. The Labute approximate surface area is 156 Å². The summed E-state index contributed by atoms with van der Waals surface area (Å²) >= 11 is 0. The Morgan fingerprint density at radius 1 is 1.35 bits per heavy atom. The van der Waals surface area contributed by atoms with Gasteiger partial charge in [0, 0.05) is 25.2 Å². The van der Waals surface area contributed by atoms with Crippen molar-refractivity contribution < 1.29 is 9.53 Å². The first-order valence-corrected chi connectivity index (χ1v) is 8.90. The number of ether oxygens (including phenoxy) is 1. The van der Waals surface area contributed by atoms with Crippen molar-refractivity contribution >= 4 is 24.6 Å². The van der Waals surface area contributed by atoms with Crippen molar-refractivity contribution in [2.45, 2.75) is 45.8 Å². The molecule has 26 heavy (non-hydrogen) atoms. The molecular weight excluding hydrogens is 326 g/mol. The minimum absolute atomic E-state index is 0.234. The van der Waals surface area contributed by atoms with Gasteiger partial charge in [0.25, 0.3) is 0 Å². The van der Waals surface area contributed by atoms with Crippen LogP contribution in [0, 0.1) is 0 Å². The van der Waals surface area contributed by atoms with Gasteiger partial charge in [-0.1, -0.05) is 30.4 Å². The van der Waals surface area contributed by atoms with Gasteiger partial charge in [-0.25, -0.2) is 4.79 Å². The quantitative estimate of drug-likeness (QED) is 0.822. The molecule has 0 bridgehead atoms. The number of aliphatic imine (C=N–C) groups is 1. The lowest BCUT2D eigenvalue weighted by Gasteiger charge is -2.31. The van der Waals surface area contributed by atoms with E-state index in [1.807, 2.05) is 32.9 Å². The summed E-state index contributed by atoms with van der Waals surface area (Å²) in [6.07, 6.45) is 3.64. The number of carbonyl (C=O) groups is 1. The number of amides is 1. The summed E-state index contributed by atoms with van der Waals surface area (Å²) in [7, 11) is 0. The second-order valence-corrected chi connectivity index (χ2v) is 7.50. The van der Waals surface area contributed by atoms with E-state index in [1.165, 1.54) is 5.57 Å². The number of piperidine rings is 1. The van der Waals surface area contributed by atoms with Crippen molar-refractivity contribution in [2.75, 3.05) is 13.1 Å². The SMILES string of the molecule is C=NC(=C)c1ccc(C=C2CCN(C(=O)OC(C)(C)C)CC2)cc1CN. The third kappa shape index (κ3) is 5.30. The first kappa shape index (κ1) is 19.9. The molecule has 0 radical (unpaired) electrons. The van der Waals surface area contributed by atoms with Gasteiger partial charge < -0.3 is 15.4 Å². The van der Waals surface area contributed by atoms with E-state index in [4.69, 9.17) is 10.5 Å². The minimum atomic E-state index is -0.460. The molecule has 1 heterocycles. The van der Waals surface area contributed by atoms with Crippen LogP contribution in [-0.4, -0.2) is 36.4 Å². The maximum absolute atomic E-state index is 12.1. The largest absolute Gasteiger partial charge is 0.444 e. The highest BCUT2D eigenvalue weighted by atomic mass is 16.6. The van der Waals surface area contributed by atoms with E-state index in [0.717, 1.165) is 29.5 Å². The number of carbonyl (C=O) groups excluding carboxylic acids is 1. The molecule has 0 aromatic heterocycles. The standard InChI is InChI=1S/C21H29N3O2/c1-15(23-5)19-7-6-17(13-18(19)14-22)12-16-8-10-24(11-9-16)20(25)26-21(2,3)4/h6-7,12-13H,1,5,8-11,14,22H2,2-4H3. The number of hydrogen-bond donors (Lipinski definition) is 1. The third-order valence-corrected chi connectivity index (χ3v) is 4.28. The molecule has 0 atom stereocenters. The highest BCUT2D eigenvalue weighted by Crippen LogP contribution is 2.24. The summed E-state index contributed by atoms with van der Waals surface area (Å²) in [5.74, 6) is 0. The average molecular weight is 355 g/mol. The molecule has 0 saturated carbocycles. The van der Waals surface area contributed by atoms with E-state index in [0.29, 0.717) is 25.3 Å². The van der Waals surface area contributed by atoms with Gasteiger partial charge in [-0.3, -0.25) is 4.99 Å². The van der Waals surface area contributed by atoms with Crippen LogP contribution in [0.2, 0.25) is 0 Å². The molecule has 1 aliphatic rings. The van der Waals surface area contributed by atoms with Crippen LogP contribution >= 0.6 is 0 Å². The molecule has 1 saturated heterocycles. The molecule has 0 spiro atoms. The fourth-order valence-corrected chi connectivity index (χ4v) is 2.92. The van der Waals surface area contributed by atoms with Crippen LogP contribution in [0.3, 0.4) is 0 Å². The van der Waals surface area contributed by atoms with Crippen molar-refractivity contribution in [3.05, 3.63) is 47.0 Å². The predicted molar refractivity (Wildman–Crippen MR) is 108 cm³/mol. The number of hydrogen-bond acceptors (Lipinski definition) is 4. The lowest BCUT2D eigenvalue weighted by molar-refractivity contribution is 0.0237. The van der Waals surface area contributed by atoms with Gasteiger partial charge in [0.15, 0.2) is 0 Å². The maximum Gasteiger partial charge on any atom is 0.410 e. The summed E-state index contributed by atoms with van der Waals surface area (Å²) in [6, 6.07) is 6.10. The van der Waals surface area contributed by atoms with Crippen molar-refractivity contribution in [3.63, 3.8) is 0 Å². The molecular formula is C21H29N3O2. The first-order chi connectivity index (χ1) is 12.2. The summed E-state index contributed by atoms with van der Waals surface area (Å²) in [4.78, 5) is 17.8. The second kappa shape index (κ2) is 8.32. The average Bonchev–Trinajstić information content (AvgIpc) is 2.60. The van der Waals surface area contributed by atoms with E-state index < -0.39 is 5.60 Å². The van der Waals surface area contributed by atoms with Crippen molar-refractivity contribution in [2.24, 2.45) is 10.7 Å². The van der Waals surface area contributed by atoms with Crippen LogP contribution in [0.1, 0.15) is 50.3 Å². The molecule has 140 valence electrons. The molecule has 1 aromatic carbocycles. The Balaban J connectivity index is 2.05. The lowest BCUT2D eigenvalue weighted by atomic mass is 9.97. The molecule has 5 heteroatoms. The normalized spacial score (nSPS) is 14.8. The van der Waals surface area contributed by atoms with Crippen LogP contribution in [0.15, 0.2) is 35.3 Å². The number of nitrogens with zero attached hydrogens (tertiary/aromatic N) is 2. The van der Waals surface area contributed by atoms with Crippen molar-refractivity contribution in [1.82, 2.24) is 4.90 Å². The Kier molecular flexibility index (Phi) is 6.37. The summed E-state index contributed by atoms with van der Waals surface area (Å²) in [5.41, 5.74) is 10.4. The molecule has 1 aromatic rings. The Morgan fingerprint density at radius 3 is 2.54 bits per heavy atom. The molecule has 0 aliphatic carbocycles. The topological polar surface area (TPSA) is 67.9 Å². The van der Waals surface area contributed by atoms with Gasteiger partial charge in [0.05, 0.1) is 5.70 Å². The van der Waals surface area contributed by atoms with Crippen LogP contribution < -0.4 is 5.73 Å². The van der Waals surface area contributed by atoms with E-state index in [9.17, 15) is 4.79 Å². The summed E-state index contributed by atoms with van der Waals surface area (Å²) < 4.78 is 5.44. The fourth-order valence-electron chi connectivity index (χ4n) is 2.92. The molecule has 0 unspecified atom stereocenters. The Bertz CT molecular complexity index is 719. The number of rotatable bonds is 4. The number of nitrogens with two attached hydrogens (primary N) is 1. The smallest absolute Gasteiger partial charge is 0.410 e. The maximum atomic E-state index is 12.1. The minimum Gasteiger partial charge on any atom is -0.444 e. The van der Waals surface area contributed by atoms with Gasteiger partial charge in [-0.05, 0) is 57.5 Å². The molecule has 1 aliphatic heterocycles. The zero-order valence-electron chi connectivity index (χ0n) is 16.0. The first-order valence-electron chi connectivity index (χ1n) is 8.90. The van der Waals surface area contributed by atoms with E-state index in [1.54, 1.807) is 4.90 Å². The van der Waals surface area contributed by atoms with Crippen LogP contribution in [0.25, 0.3) is 11.8 Å². The Morgan fingerprint density at radius 2 is 2.00 bits per heavy atom. The van der Waals surface area contributed by atoms with Gasteiger partial charge >= 0.3 is 6.09 Å². The van der Waals surface area contributed by atoms with Gasteiger partial charge in [-0.2, -0.15) is 0 Å². The highest BCUT2D eigenvalue weighted by Gasteiger charge is 2.24. The summed E-state index contributed by atoms with van der Waals surface area (Å²) in [6.45, 7) is 14.9. The number of likely N-dealkylation sites (tertiary alicyclic amines) is 1. The number of benzene rings is 1. The van der Waals surface area contributed by atoms with Gasteiger partial charge in [-0.15, -0.1) is 0 Å². The molecule has 1 fully saturated rings. The highest BCUT2D eigenvalue weighted by molar-refractivity contribution is 5.71. The van der Waals surface area contributed by atoms with E-state index in [2.05, 4.69) is 30.4 Å². The van der Waals surface area contributed by atoms with Crippen LogP contribution in [0.4, 0.5) is 4.79 Å². The predicted octanol–water partition coefficient (Wildman–Crippen LogP) is 4.23. The monoisotopic (exact) mass is 355 g/mol.